The van der Waals surface area contributed by atoms with Crippen LogP contribution in [0.15, 0.2) is 30.5 Å². The lowest BCUT2D eigenvalue weighted by Crippen LogP contribution is -1.99. The minimum atomic E-state index is -0.401. The van der Waals surface area contributed by atoms with Crippen molar-refractivity contribution in [1.82, 2.24) is 9.97 Å². The lowest BCUT2D eigenvalue weighted by Gasteiger charge is -1.98. The summed E-state index contributed by atoms with van der Waals surface area (Å²) in [6, 6.07) is 6.51. The number of nitrogens with two attached hydrogens (primary N) is 1. The zero-order chi connectivity index (χ0) is 13.7. The van der Waals surface area contributed by atoms with Crippen molar-refractivity contribution in [3.8, 4) is 11.3 Å². The summed E-state index contributed by atoms with van der Waals surface area (Å²) in [6.45, 7) is 0.679. The summed E-state index contributed by atoms with van der Waals surface area (Å²) in [5, 5.41) is 10.7. The van der Waals surface area contributed by atoms with Gasteiger partial charge in [0.1, 0.15) is 5.82 Å². The number of nitro groups is 1. The van der Waals surface area contributed by atoms with Crippen LogP contribution in [0.25, 0.3) is 11.3 Å². The highest BCUT2D eigenvalue weighted by atomic mass is 16.6. The number of hydrogen-bond acceptors (Lipinski definition) is 4. The van der Waals surface area contributed by atoms with Gasteiger partial charge >= 0.3 is 0 Å². The summed E-state index contributed by atoms with van der Waals surface area (Å²) in [5.41, 5.74) is 7.09. The van der Waals surface area contributed by atoms with E-state index in [1.807, 2.05) is 6.07 Å². The topological polar surface area (TPSA) is 97.8 Å². The molecule has 19 heavy (non-hydrogen) atoms. The minimum absolute atomic E-state index is 0.0804. The van der Waals surface area contributed by atoms with Gasteiger partial charge in [0.2, 0.25) is 0 Å². The van der Waals surface area contributed by atoms with Crippen LogP contribution in [0.1, 0.15) is 18.7 Å². The van der Waals surface area contributed by atoms with Crippen LogP contribution in [-0.4, -0.2) is 21.4 Å². The van der Waals surface area contributed by atoms with Gasteiger partial charge in [-0.25, -0.2) is 4.98 Å². The number of nitrogens with one attached hydrogen (secondary N) is 1. The van der Waals surface area contributed by atoms with Crippen LogP contribution in [0.5, 0.6) is 0 Å². The second kappa shape index (κ2) is 6.10. The Kier molecular flexibility index (Phi) is 4.25. The molecule has 0 fully saturated rings. The van der Waals surface area contributed by atoms with Crippen LogP contribution >= 0.6 is 0 Å². The number of aromatic nitrogens is 2. The lowest BCUT2D eigenvalue weighted by atomic mass is 10.1. The molecule has 0 aliphatic rings. The van der Waals surface area contributed by atoms with Crippen LogP contribution in [0.3, 0.4) is 0 Å². The average molecular weight is 260 g/mol. The van der Waals surface area contributed by atoms with E-state index in [0.717, 1.165) is 36.3 Å². The van der Waals surface area contributed by atoms with Gasteiger partial charge in [-0.2, -0.15) is 0 Å². The summed E-state index contributed by atoms with van der Waals surface area (Å²) in [5.74, 6) is 0.884. The molecule has 0 aliphatic heterocycles. The number of unbranched alkanes of at least 4 members (excludes halogenated alkanes) is 1. The molecule has 2 rings (SSSR count). The number of hydrogen-bond donors (Lipinski definition) is 2. The van der Waals surface area contributed by atoms with E-state index in [2.05, 4.69) is 9.97 Å². The van der Waals surface area contributed by atoms with Gasteiger partial charge in [0.05, 0.1) is 16.8 Å². The first-order valence-corrected chi connectivity index (χ1v) is 6.19. The first-order valence-electron chi connectivity index (χ1n) is 6.19. The molecule has 0 radical (unpaired) electrons. The number of nitro benzene ring substituents is 1. The highest BCUT2D eigenvalue weighted by Crippen LogP contribution is 2.22. The van der Waals surface area contributed by atoms with E-state index in [1.54, 1.807) is 12.3 Å². The molecule has 2 aromatic rings. The number of H-pyrrole nitrogens is 1. The molecule has 6 nitrogen and oxygen atoms in total. The molecule has 1 heterocycles. The quantitative estimate of drug-likeness (QED) is 0.473. The fourth-order valence-corrected chi connectivity index (χ4v) is 1.86. The maximum absolute atomic E-state index is 10.7. The normalized spacial score (nSPS) is 10.6. The predicted molar refractivity (Wildman–Crippen MR) is 72.7 cm³/mol. The van der Waals surface area contributed by atoms with Gasteiger partial charge in [-0.15, -0.1) is 0 Å². The third-order valence-corrected chi connectivity index (χ3v) is 2.86. The number of aryl methyl sites for hydroxylation is 1. The third-order valence-electron chi connectivity index (χ3n) is 2.86. The Morgan fingerprint density at radius 2 is 2.21 bits per heavy atom. The Bertz CT molecular complexity index is 565. The highest BCUT2D eigenvalue weighted by Gasteiger charge is 2.09. The van der Waals surface area contributed by atoms with Crippen molar-refractivity contribution in [3.63, 3.8) is 0 Å². The molecule has 3 N–H and O–H groups in total. The third kappa shape index (κ3) is 3.38. The number of non-ortho nitro benzene ring substituents is 1. The first-order chi connectivity index (χ1) is 9.20. The first kappa shape index (κ1) is 13.2. The van der Waals surface area contributed by atoms with E-state index in [4.69, 9.17) is 5.73 Å². The minimum Gasteiger partial charge on any atom is -0.342 e. The Hall–Kier alpha value is -2.21. The van der Waals surface area contributed by atoms with Crippen LogP contribution in [0.2, 0.25) is 0 Å². The number of rotatable bonds is 6. The van der Waals surface area contributed by atoms with E-state index in [-0.39, 0.29) is 5.69 Å². The molecule has 0 unspecified atom stereocenters. The van der Waals surface area contributed by atoms with Crippen molar-refractivity contribution < 1.29 is 4.92 Å². The molecule has 100 valence electrons. The molecule has 0 saturated carbocycles. The van der Waals surface area contributed by atoms with Gasteiger partial charge in [0, 0.05) is 24.1 Å². The standard InChI is InChI=1S/C13H16N4O2/c14-7-2-1-6-13-15-9-12(16-13)10-4-3-5-11(8-10)17(18)19/h3-5,8-9H,1-2,6-7,14H2,(H,15,16). The Morgan fingerprint density at radius 3 is 2.95 bits per heavy atom. The van der Waals surface area contributed by atoms with E-state index >= 15 is 0 Å². The Labute approximate surface area is 110 Å². The zero-order valence-electron chi connectivity index (χ0n) is 10.5. The molecule has 0 amide bonds. The number of imidazole rings is 1. The number of nitrogens with zero attached hydrogens (tertiary/aromatic N) is 2. The van der Waals surface area contributed by atoms with Gasteiger partial charge in [-0.05, 0) is 19.4 Å². The lowest BCUT2D eigenvalue weighted by molar-refractivity contribution is -0.384. The van der Waals surface area contributed by atoms with E-state index in [0.29, 0.717) is 6.54 Å². The molecular formula is C13H16N4O2. The van der Waals surface area contributed by atoms with E-state index in [1.165, 1.54) is 12.1 Å². The van der Waals surface area contributed by atoms with Crippen molar-refractivity contribution in [2.45, 2.75) is 19.3 Å². The van der Waals surface area contributed by atoms with Crippen molar-refractivity contribution in [3.05, 3.63) is 46.4 Å². The molecule has 1 aromatic carbocycles. The van der Waals surface area contributed by atoms with Crippen molar-refractivity contribution >= 4 is 5.69 Å². The zero-order valence-corrected chi connectivity index (χ0v) is 10.5. The van der Waals surface area contributed by atoms with Gasteiger partial charge in [0.15, 0.2) is 0 Å². The number of aromatic amines is 1. The smallest absolute Gasteiger partial charge is 0.270 e. The van der Waals surface area contributed by atoms with Crippen LogP contribution < -0.4 is 5.73 Å². The molecule has 0 saturated heterocycles. The van der Waals surface area contributed by atoms with Crippen molar-refractivity contribution in [2.24, 2.45) is 5.73 Å². The van der Waals surface area contributed by atoms with Crippen LogP contribution in [0.4, 0.5) is 5.69 Å². The largest absolute Gasteiger partial charge is 0.342 e. The summed E-state index contributed by atoms with van der Waals surface area (Å²) < 4.78 is 0. The molecule has 0 bridgehead atoms. The Balaban J connectivity index is 2.13. The highest BCUT2D eigenvalue weighted by molar-refractivity contribution is 5.61. The van der Waals surface area contributed by atoms with Crippen molar-refractivity contribution in [1.29, 1.82) is 0 Å². The number of benzene rings is 1. The summed E-state index contributed by atoms with van der Waals surface area (Å²) >= 11 is 0. The fourth-order valence-electron chi connectivity index (χ4n) is 1.86. The fraction of sp³-hybridized carbons (Fsp3) is 0.308. The second-order valence-electron chi connectivity index (χ2n) is 4.30. The summed E-state index contributed by atoms with van der Waals surface area (Å²) in [6.07, 6.45) is 4.49. The monoisotopic (exact) mass is 260 g/mol. The van der Waals surface area contributed by atoms with E-state index in [9.17, 15) is 10.1 Å². The molecule has 1 aromatic heterocycles. The average Bonchev–Trinajstić information content (AvgIpc) is 2.88. The summed E-state index contributed by atoms with van der Waals surface area (Å²) in [7, 11) is 0. The SMILES string of the molecule is NCCCCc1ncc(-c2cccc([N+](=O)[O-])c2)[nH]1. The summed E-state index contributed by atoms with van der Waals surface area (Å²) in [4.78, 5) is 17.8. The second-order valence-corrected chi connectivity index (χ2v) is 4.30. The molecule has 6 heteroatoms. The molecule has 0 atom stereocenters. The molecule has 0 aliphatic carbocycles. The van der Waals surface area contributed by atoms with E-state index < -0.39 is 4.92 Å². The van der Waals surface area contributed by atoms with Crippen LogP contribution in [-0.2, 0) is 6.42 Å². The van der Waals surface area contributed by atoms with Crippen LogP contribution in [0, 0.1) is 10.1 Å². The predicted octanol–water partition coefficient (Wildman–Crippen LogP) is 2.27. The van der Waals surface area contributed by atoms with Gasteiger partial charge in [0.25, 0.3) is 5.69 Å². The Morgan fingerprint density at radius 1 is 1.37 bits per heavy atom. The molecular weight excluding hydrogens is 244 g/mol. The maximum atomic E-state index is 10.7. The van der Waals surface area contributed by atoms with Gasteiger partial charge < -0.3 is 10.7 Å². The van der Waals surface area contributed by atoms with Crippen molar-refractivity contribution in [2.75, 3.05) is 6.54 Å². The van der Waals surface area contributed by atoms with Gasteiger partial charge in [-0.1, -0.05) is 12.1 Å². The molecule has 0 spiro atoms. The van der Waals surface area contributed by atoms with Gasteiger partial charge in [-0.3, -0.25) is 10.1 Å². The maximum Gasteiger partial charge on any atom is 0.270 e.